The molecule has 0 aliphatic rings. The van der Waals surface area contributed by atoms with Crippen LogP contribution in [0.15, 0.2) is 23.1 Å². The molecule has 0 aliphatic carbocycles. The third-order valence-electron chi connectivity index (χ3n) is 3.02. The zero-order valence-electron chi connectivity index (χ0n) is 11.7. The Morgan fingerprint density at radius 3 is 2.37 bits per heavy atom. The summed E-state index contributed by atoms with van der Waals surface area (Å²) in [7, 11) is -3.66. The van der Waals surface area contributed by atoms with E-state index < -0.39 is 10.0 Å². The maximum absolute atomic E-state index is 11.3. The van der Waals surface area contributed by atoms with Crippen LogP contribution in [0.5, 0.6) is 5.75 Å². The summed E-state index contributed by atoms with van der Waals surface area (Å²) in [6.45, 7) is 9.32. The first-order chi connectivity index (χ1) is 8.88. The van der Waals surface area contributed by atoms with E-state index in [2.05, 4.69) is 18.7 Å². The maximum Gasteiger partial charge on any atom is 0.238 e. The predicted octanol–water partition coefficient (Wildman–Crippen LogP) is 1.36. The highest BCUT2D eigenvalue weighted by atomic mass is 32.2. The van der Waals surface area contributed by atoms with Crippen molar-refractivity contribution in [3.05, 3.63) is 23.8 Å². The Hall–Kier alpha value is -1.11. The molecule has 6 heteroatoms. The lowest BCUT2D eigenvalue weighted by atomic mass is 10.2. The molecule has 1 aromatic carbocycles. The Morgan fingerprint density at radius 1 is 1.26 bits per heavy atom. The molecular weight excluding hydrogens is 264 g/mol. The van der Waals surface area contributed by atoms with Crippen LogP contribution in [0.2, 0.25) is 0 Å². The van der Waals surface area contributed by atoms with Crippen LogP contribution in [0.4, 0.5) is 0 Å². The van der Waals surface area contributed by atoms with Gasteiger partial charge in [-0.25, -0.2) is 13.6 Å². The number of aryl methyl sites for hydroxylation is 1. The Bertz CT molecular complexity index is 511. The van der Waals surface area contributed by atoms with Gasteiger partial charge in [-0.15, -0.1) is 0 Å². The molecule has 0 amide bonds. The molecule has 0 unspecified atom stereocenters. The number of benzene rings is 1. The normalized spacial score (nSPS) is 11.8. The molecule has 5 nitrogen and oxygen atoms in total. The standard InChI is InChI=1S/C13H22N2O3S/c1-4-15(5-2)8-9-18-12-6-7-13(11(3)10-12)19(14,16)17/h6-7,10H,4-5,8-9H2,1-3H3,(H2,14,16,17). The first-order valence-corrected chi connectivity index (χ1v) is 7.91. The molecule has 19 heavy (non-hydrogen) atoms. The summed E-state index contributed by atoms with van der Waals surface area (Å²) in [6, 6.07) is 4.81. The van der Waals surface area contributed by atoms with E-state index >= 15 is 0 Å². The third kappa shape index (κ3) is 4.81. The van der Waals surface area contributed by atoms with Gasteiger partial charge in [-0.2, -0.15) is 0 Å². The quantitative estimate of drug-likeness (QED) is 0.821. The van der Waals surface area contributed by atoms with Gasteiger partial charge in [0.25, 0.3) is 0 Å². The van der Waals surface area contributed by atoms with Crippen molar-refractivity contribution in [3.8, 4) is 5.75 Å². The smallest absolute Gasteiger partial charge is 0.238 e. The van der Waals surface area contributed by atoms with Gasteiger partial charge >= 0.3 is 0 Å². The van der Waals surface area contributed by atoms with Crippen LogP contribution in [-0.2, 0) is 10.0 Å². The van der Waals surface area contributed by atoms with Crippen LogP contribution in [0.3, 0.4) is 0 Å². The first-order valence-electron chi connectivity index (χ1n) is 6.37. The SMILES string of the molecule is CCN(CC)CCOc1ccc(S(N)(=O)=O)c(C)c1. The number of hydrogen-bond acceptors (Lipinski definition) is 4. The molecule has 0 aromatic heterocycles. The van der Waals surface area contributed by atoms with Crippen molar-refractivity contribution in [2.24, 2.45) is 5.14 Å². The van der Waals surface area contributed by atoms with Crippen LogP contribution in [-0.4, -0.2) is 39.6 Å². The van der Waals surface area contributed by atoms with Crippen LogP contribution < -0.4 is 9.88 Å². The zero-order valence-corrected chi connectivity index (χ0v) is 12.5. The van der Waals surface area contributed by atoms with Crippen molar-refractivity contribution >= 4 is 10.0 Å². The number of rotatable bonds is 7. The summed E-state index contributed by atoms with van der Waals surface area (Å²) >= 11 is 0. The monoisotopic (exact) mass is 286 g/mol. The summed E-state index contributed by atoms with van der Waals surface area (Å²) < 4.78 is 28.2. The summed E-state index contributed by atoms with van der Waals surface area (Å²) in [5.74, 6) is 0.664. The van der Waals surface area contributed by atoms with E-state index in [0.717, 1.165) is 19.6 Å². The Labute approximate surface area is 115 Å². The van der Waals surface area contributed by atoms with E-state index in [1.165, 1.54) is 6.07 Å². The topological polar surface area (TPSA) is 72.6 Å². The minimum Gasteiger partial charge on any atom is -0.492 e. The molecule has 108 valence electrons. The number of likely N-dealkylation sites (N-methyl/N-ethyl adjacent to an activating group) is 1. The third-order valence-corrected chi connectivity index (χ3v) is 4.09. The van der Waals surface area contributed by atoms with E-state index in [9.17, 15) is 8.42 Å². The van der Waals surface area contributed by atoms with Crippen LogP contribution in [0.25, 0.3) is 0 Å². The lowest BCUT2D eigenvalue weighted by molar-refractivity contribution is 0.222. The van der Waals surface area contributed by atoms with Crippen molar-refractivity contribution in [2.75, 3.05) is 26.2 Å². The molecule has 0 bridgehead atoms. The lowest BCUT2D eigenvalue weighted by Crippen LogP contribution is -2.27. The molecule has 0 saturated heterocycles. The van der Waals surface area contributed by atoms with Crippen LogP contribution in [0.1, 0.15) is 19.4 Å². The van der Waals surface area contributed by atoms with Gasteiger partial charge in [0.15, 0.2) is 0 Å². The average molecular weight is 286 g/mol. The van der Waals surface area contributed by atoms with Crippen LogP contribution in [0, 0.1) is 6.92 Å². The summed E-state index contributed by atoms with van der Waals surface area (Å²) in [4.78, 5) is 2.40. The molecule has 0 heterocycles. The lowest BCUT2D eigenvalue weighted by Gasteiger charge is -2.18. The van der Waals surface area contributed by atoms with Crippen molar-refractivity contribution in [2.45, 2.75) is 25.7 Å². The van der Waals surface area contributed by atoms with Crippen molar-refractivity contribution in [1.29, 1.82) is 0 Å². The Kier molecular flexibility index (Phi) is 5.78. The molecule has 0 fully saturated rings. The zero-order chi connectivity index (χ0) is 14.5. The predicted molar refractivity (Wildman–Crippen MR) is 75.8 cm³/mol. The second-order valence-electron chi connectivity index (χ2n) is 4.35. The van der Waals surface area contributed by atoms with Gasteiger partial charge in [-0.05, 0) is 43.8 Å². The van der Waals surface area contributed by atoms with Gasteiger partial charge in [0.1, 0.15) is 12.4 Å². The summed E-state index contributed by atoms with van der Waals surface area (Å²) in [5, 5.41) is 5.11. The van der Waals surface area contributed by atoms with E-state index in [0.29, 0.717) is 17.9 Å². The van der Waals surface area contributed by atoms with Gasteiger partial charge in [0.05, 0.1) is 4.90 Å². The van der Waals surface area contributed by atoms with Gasteiger partial charge in [-0.1, -0.05) is 13.8 Å². The molecule has 0 spiro atoms. The van der Waals surface area contributed by atoms with E-state index in [4.69, 9.17) is 9.88 Å². The highest BCUT2D eigenvalue weighted by Gasteiger charge is 2.11. The number of nitrogens with zero attached hydrogens (tertiary/aromatic N) is 1. The summed E-state index contributed by atoms with van der Waals surface area (Å²) in [5.41, 5.74) is 0.600. The molecule has 1 rings (SSSR count). The average Bonchev–Trinajstić information content (AvgIpc) is 2.33. The molecule has 1 aromatic rings. The summed E-state index contributed by atoms with van der Waals surface area (Å²) in [6.07, 6.45) is 0. The van der Waals surface area contributed by atoms with E-state index in [1.807, 2.05) is 0 Å². The van der Waals surface area contributed by atoms with Crippen LogP contribution >= 0.6 is 0 Å². The minimum atomic E-state index is -3.66. The van der Waals surface area contributed by atoms with Crippen molar-refractivity contribution in [3.63, 3.8) is 0 Å². The van der Waals surface area contributed by atoms with Crippen molar-refractivity contribution in [1.82, 2.24) is 4.90 Å². The van der Waals surface area contributed by atoms with E-state index in [1.54, 1.807) is 19.1 Å². The number of ether oxygens (including phenoxy) is 1. The first kappa shape index (κ1) is 15.9. The number of primary sulfonamides is 1. The fraction of sp³-hybridized carbons (Fsp3) is 0.538. The fourth-order valence-electron chi connectivity index (χ4n) is 1.86. The molecular formula is C13H22N2O3S. The van der Waals surface area contributed by atoms with Gasteiger partial charge in [-0.3, -0.25) is 0 Å². The maximum atomic E-state index is 11.3. The number of sulfonamides is 1. The largest absolute Gasteiger partial charge is 0.492 e. The van der Waals surface area contributed by atoms with Crippen molar-refractivity contribution < 1.29 is 13.2 Å². The number of nitrogens with two attached hydrogens (primary N) is 1. The molecule has 2 N–H and O–H groups in total. The molecule has 0 radical (unpaired) electrons. The molecule has 0 aliphatic heterocycles. The van der Waals surface area contributed by atoms with Gasteiger partial charge < -0.3 is 9.64 Å². The molecule has 0 saturated carbocycles. The van der Waals surface area contributed by atoms with E-state index in [-0.39, 0.29) is 4.90 Å². The second kappa shape index (κ2) is 6.88. The Balaban J connectivity index is 2.65. The number of hydrogen-bond donors (Lipinski definition) is 1. The fourth-order valence-corrected chi connectivity index (χ4v) is 2.63. The highest BCUT2D eigenvalue weighted by Crippen LogP contribution is 2.20. The van der Waals surface area contributed by atoms with Gasteiger partial charge in [0, 0.05) is 6.54 Å². The highest BCUT2D eigenvalue weighted by molar-refractivity contribution is 7.89. The van der Waals surface area contributed by atoms with Gasteiger partial charge in [0.2, 0.25) is 10.0 Å². The molecule has 0 atom stereocenters. The second-order valence-corrected chi connectivity index (χ2v) is 5.88. The Morgan fingerprint density at radius 2 is 1.89 bits per heavy atom. The minimum absolute atomic E-state index is 0.142.